The summed E-state index contributed by atoms with van der Waals surface area (Å²) in [6.45, 7) is 0.809. The number of aryl methyl sites for hydroxylation is 1. The SMILES string of the molecule is O=C(CC1CCn2ccnc2C1)c1cccc(-c2cnc3[nH]c(=O)n(Cc4cccc(C(F)(F)F)c4)c3c2)c1. The Hall–Kier alpha value is -4.47. The van der Waals surface area contributed by atoms with Crippen LogP contribution in [0, 0.1) is 5.92 Å². The highest BCUT2D eigenvalue weighted by Gasteiger charge is 2.30. The molecule has 7 nitrogen and oxygen atoms in total. The molecule has 1 atom stereocenters. The van der Waals surface area contributed by atoms with Crippen LogP contribution in [0.1, 0.15) is 40.2 Å². The first-order valence-corrected chi connectivity index (χ1v) is 12.6. The minimum absolute atomic E-state index is 0.0496. The summed E-state index contributed by atoms with van der Waals surface area (Å²) in [5.41, 5.74) is 1.94. The molecule has 1 aliphatic heterocycles. The van der Waals surface area contributed by atoms with Crippen molar-refractivity contribution in [2.75, 3.05) is 0 Å². The van der Waals surface area contributed by atoms with Gasteiger partial charge in [-0.25, -0.2) is 14.8 Å². The summed E-state index contributed by atoms with van der Waals surface area (Å²) in [5.74, 6) is 1.30. The van der Waals surface area contributed by atoms with Crippen molar-refractivity contribution in [2.45, 2.75) is 38.5 Å². The topological polar surface area (TPSA) is 85.6 Å². The molecule has 1 aliphatic rings. The molecule has 0 fully saturated rings. The van der Waals surface area contributed by atoms with Crippen LogP contribution in [0.3, 0.4) is 0 Å². The summed E-state index contributed by atoms with van der Waals surface area (Å²) in [6.07, 6.45) is 3.02. The maximum atomic E-state index is 13.2. The highest BCUT2D eigenvalue weighted by molar-refractivity contribution is 5.97. The number of halogens is 3. The second-order valence-corrected chi connectivity index (χ2v) is 9.91. The number of fused-ring (bicyclic) bond motifs is 2. The van der Waals surface area contributed by atoms with Gasteiger partial charge in [-0.1, -0.05) is 30.3 Å². The molecule has 0 spiro atoms. The van der Waals surface area contributed by atoms with Crippen LogP contribution in [-0.2, 0) is 25.7 Å². The van der Waals surface area contributed by atoms with E-state index in [9.17, 15) is 22.8 Å². The predicted octanol–water partition coefficient (Wildman–Crippen LogP) is 5.49. The highest BCUT2D eigenvalue weighted by Crippen LogP contribution is 2.30. The number of H-pyrrole nitrogens is 1. The van der Waals surface area contributed by atoms with E-state index in [0.29, 0.717) is 34.3 Å². The second-order valence-electron chi connectivity index (χ2n) is 9.91. The number of hydrogen-bond acceptors (Lipinski definition) is 4. The largest absolute Gasteiger partial charge is 0.416 e. The Morgan fingerprint density at radius 1 is 1.05 bits per heavy atom. The molecule has 0 saturated heterocycles. The summed E-state index contributed by atoms with van der Waals surface area (Å²) in [4.78, 5) is 37.2. The first kappa shape index (κ1) is 24.8. The highest BCUT2D eigenvalue weighted by atomic mass is 19.4. The molecule has 0 amide bonds. The van der Waals surface area contributed by atoms with Crippen molar-refractivity contribution in [1.29, 1.82) is 0 Å². The zero-order chi connectivity index (χ0) is 27.1. The van der Waals surface area contributed by atoms with Gasteiger partial charge in [-0.05, 0) is 47.7 Å². The molecule has 5 aromatic rings. The molecule has 10 heteroatoms. The number of Topliss-reactive ketones (excluding diaryl/α,β-unsaturated/α-hetero) is 1. The summed E-state index contributed by atoms with van der Waals surface area (Å²) in [5, 5.41) is 0. The number of carbonyl (C=O) groups is 1. The number of alkyl halides is 3. The average Bonchev–Trinajstić information content (AvgIpc) is 3.51. The van der Waals surface area contributed by atoms with Crippen molar-refractivity contribution in [3.63, 3.8) is 0 Å². The monoisotopic (exact) mass is 531 g/mol. The minimum Gasteiger partial charge on any atom is -0.335 e. The first-order valence-electron chi connectivity index (χ1n) is 12.6. The lowest BCUT2D eigenvalue weighted by Gasteiger charge is -2.22. The maximum Gasteiger partial charge on any atom is 0.416 e. The van der Waals surface area contributed by atoms with Crippen molar-refractivity contribution in [3.05, 3.63) is 106 Å². The van der Waals surface area contributed by atoms with Crippen molar-refractivity contribution < 1.29 is 18.0 Å². The number of aromatic nitrogens is 5. The fraction of sp³-hybridized carbons (Fsp3) is 0.241. The van der Waals surface area contributed by atoms with E-state index >= 15 is 0 Å². The van der Waals surface area contributed by atoms with Crippen LogP contribution >= 0.6 is 0 Å². The van der Waals surface area contributed by atoms with Gasteiger partial charge in [-0.3, -0.25) is 14.3 Å². The Bertz CT molecular complexity index is 1750. The Morgan fingerprint density at radius 2 is 1.90 bits per heavy atom. The van der Waals surface area contributed by atoms with E-state index in [4.69, 9.17) is 0 Å². The van der Waals surface area contributed by atoms with Crippen molar-refractivity contribution in [2.24, 2.45) is 5.92 Å². The summed E-state index contributed by atoms with van der Waals surface area (Å²) in [7, 11) is 0. The van der Waals surface area contributed by atoms with Crippen LogP contribution in [0.5, 0.6) is 0 Å². The average molecular weight is 532 g/mol. The van der Waals surface area contributed by atoms with Gasteiger partial charge in [-0.15, -0.1) is 0 Å². The third-order valence-corrected chi connectivity index (χ3v) is 7.27. The molecule has 0 bridgehead atoms. The van der Waals surface area contributed by atoms with E-state index in [1.807, 2.05) is 24.4 Å². The van der Waals surface area contributed by atoms with Gasteiger partial charge in [-0.2, -0.15) is 13.2 Å². The predicted molar refractivity (Wildman–Crippen MR) is 139 cm³/mol. The molecule has 39 heavy (non-hydrogen) atoms. The van der Waals surface area contributed by atoms with E-state index in [0.717, 1.165) is 42.9 Å². The number of aromatic amines is 1. The molecular weight excluding hydrogens is 507 g/mol. The van der Waals surface area contributed by atoms with E-state index in [1.165, 1.54) is 10.6 Å². The zero-order valence-corrected chi connectivity index (χ0v) is 20.8. The summed E-state index contributed by atoms with van der Waals surface area (Å²) >= 11 is 0. The Balaban J connectivity index is 1.26. The number of rotatable bonds is 6. The molecule has 1 N–H and O–H groups in total. The Labute approximate surface area is 221 Å². The van der Waals surface area contributed by atoms with Crippen LogP contribution in [0.4, 0.5) is 13.2 Å². The molecule has 1 unspecified atom stereocenters. The lowest BCUT2D eigenvalue weighted by Crippen LogP contribution is -2.21. The van der Waals surface area contributed by atoms with Gasteiger partial charge in [0, 0.05) is 49.1 Å². The van der Waals surface area contributed by atoms with Gasteiger partial charge in [0.1, 0.15) is 5.82 Å². The minimum atomic E-state index is -4.47. The number of pyridine rings is 1. The van der Waals surface area contributed by atoms with Gasteiger partial charge in [0.05, 0.1) is 17.6 Å². The fourth-order valence-electron chi connectivity index (χ4n) is 5.22. The van der Waals surface area contributed by atoms with Crippen LogP contribution in [0.25, 0.3) is 22.3 Å². The normalized spacial score (nSPS) is 15.4. The van der Waals surface area contributed by atoms with Crippen LogP contribution < -0.4 is 5.69 Å². The Kier molecular flexibility index (Phi) is 6.17. The van der Waals surface area contributed by atoms with Crippen LogP contribution in [0.2, 0.25) is 0 Å². The number of hydrogen-bond donors (Lipinski definition) is 1. The third kappa shape index (κ3) is 5.01. The van der Waals surface area contributed by atoms with Crippen molar-refractivity contribution >= 4 is 16.9 Å². The Morgan fingerprint density at radius 3 is 2.74 bits per heavy atom. The molecule has 0 saturated carbocycles. The van der Waals surface area contributed by atoms with Crippen LogP contribution in [-0.4, -0.2) is 29.9 Å². The van der Waals surface area contributed by atoms with Crippen molar-refractivity contribution in [3.8, 4) is 11.1 Å². The summed E-state index contributed by atoms with van der Waals surface area (Å²) < 4.78 is 43.0. The molecule has 3 aromatic heterocycles. The third-order valence-electron chi connectivity index (χ3n) is 7.27. The molecule has 2 aromatic carbocycles. The van der Waals surface area contributed by atoms with Gasteiger partial charge in [0.25, 0.3) is 0 Å². The van der Waals surface area contributed by atoms with E-state index < -0.39 is 17.4 Å². The fourth-order valence-corrected chi connectivity index (χ4v) is 5.22. The molecule has 0 aliphatic carbocycles. The molecular formula is C29H24F3N5O2. The van der Waals surface area contributed by atoms with Gasteiger partial charge >= 0.3 is 11.9 Å². The molecule has 0 radical (unpaired) electrons. The van der Waals surface area contributed by atoms with E-state index in [2.05, 4.69) is 19.5 Å². The standard InChI is InChI=1S/C29H24F3N5O2/c30-29(31,32)23-6-1-3-19(11-23)17-37-24-15-22(16-34-27(24)35-28(37)39)20-4-2-5-21(14-20)25(38)12-18-7-9-36-10-8-33-26(36)13-18/h1-6,8,10-11,14-16,18H,7,9,12-13,17H2,(H,34,35,39). The quantitative estimate of drug-likeness (QED) is 0.294. The molecule has 6 rings (SSSR count). The number of carbonyl (C=O) groups excluding carboxylic acids is 1. The van der Waals surface area contributed by atoms with Crippen molar-refractivity contribution in [1.82, 2.24) is 24.1 Å². The van der Waals surface area contributed by atoms with Gasteiger partial charge in [0.2, 0.25) is 0 Å². The second kappa shape index (κ2) is 9.68. The lowest BCUT2D eigenvalue weighted by molar-refractivity contribution is -0.137. The van der Waals surface area contributed by atoms with Crippen LogP contribution in [0.15, 0.2) is 78.0 Å². The lowest BCUT2D eigenvalue weighted by atomic mass is 9.90. The first-order chi connectivity index (χ1) is 18.7. The summed E-state index contributed by atoms with van der Waals surface area (Å²) in [6, 6.07) is 14.0. The molecule has 4 heterocycles. The number of imidazole rings is 2. The smallest absolute Gasteiger partial charge is 0.335 e. The number of nitrogens with zero attached hydrogens (tertiary/aromatic N) is 4. The molecule has 198 valence electrons. The maximum absolute atomic E-state index is 13.2. The van der Waals surface area contributed by atoms with E-state index in [1.54, 1.807) is 30.6 Å². The van der Waals surface area contributed by atoms with Gasteiger partial charge in [0.15, 0.2) is 11.4 Å². The number of benzene rings is 2. The zero-order valence-electron chi connectivity index (χ0n) is 20.8. The number of nitrogens with one attached hydrogen (secondary N) is 1. The number of ketones is 1. The van der Waals surface area contributed by atoms with E-state index in [-0.39, 0.29) is 18.2 Å². The van der Waals surface area contributed by atoms with Gasteiger partial charge < -0.3 is 4.57 Å².